The summed E-state index contributed by atoms with van der Waals surface area (Å²) >= 11 is 3.37. The van der Waals surface area contributed by atoms with Crippen molar-refractivity contribution in [3.63, 3.8) is 0 Å². The van der Waals surface area contributed by atoms with Crippen molar-refractivity contribution in [1.29, 1.82) is 0 Å². The number of aryl methyl sites for hydroxylation is 1. The smallest absolute Gasteiger partial charge is 0.0704 e. The van der Waals surface area contributed by atoms with Gasteiger partial charge in [0, 0.05) is 28.1 Å². The van der Waals surface area contributed by atoms with Gasteiger partial charge in [0.1, 0.15) is 0 Å². The van der Waals surface area contributed by atoms with Crippen molar-refractivity contribution in [2.75, 3.05) is 0 Å². The Hall–Kier alpha value is -1.22. The largest absolute Gasteiger partial charge is 0.261 e. The van der Waals surface area contributed by atoms with E-state index in [1.807, 2.05) is 24.4 Å². The Morgan fingerprint density at radius 3 is 2.73 bits per heavy atom. The summed E-state index contributed by atoms with van der Waals surface area (Å²) in [5.74, 6) is 0. The number of rotatable bonds is 2. The number of hydrogen-bond acceptors (Lipinski definition) is 2. The standard InChI is InChI=1S/C12H11BrN2/c1-2-11-7-9(5-6-14-11)12-4-3-10(13)8-15-12/h3-8H,2H2,1H3. The van der Waals surface area contributed by atoms with Crippen molar-refractivity contribution in [3.8, 4) is 11.3 Å². The summed E-state index contributed by atoms with van der Waals surface area (Å²) in [5, 5.41) is 0. The van der Waals surface area contributed by atoms with Crippen LogP contribution in [-0.4, -0.2) is 9.97 Å². The van der Waals surface area contributed by atoms with Crippen LogP contribution < -0.4 is 0 Å². The van der Waals surface area contributed by atoms with Gasteiger partial charge >= 0.3 is 0 Å². The van der Waals surface area contributed by atoms with E-state index in [1.54, 1.807) is 6.20 Å². The molecule has 0 aromatic carbocycles. The van der Waals surface area contributed by atoms with E-state index < -0.39 is 0 Å². The molecule has 0 spiro atoms. The molecule has 3 heteroatoms. The maximum absolute atomic E-state index is 4.35. The van der Waals surface area contributed by atoms with E-state index in [1.165, 1.54) is 0 Å². The molecule has 2 heterocycles. The highest BCUT2D eigenvalue weighted by molar-refractivity contribution is 9.10. The van der Waals surface area contributed by atoms with Gasteiger partial charge in [0.25, 0.3) is 0 Å². The van der Waals surface area contributed by atoms with Crippen molar-refractivity contribution in [1.82, 2.24) is 9.97 Å². The zero-order chi connectivity index (χ0) is 10.7. The molecule has 0 aliphatic heterocycles. The molecule has 15 heavy (non-hydrogen) atoms. The molecular weight excluding hydrogens is 252 g/mol. The molecule has 0 amide bonds. The minimum atomic E-state index is 0.949. The third-order valence-electron chi connectivity index (χ3n) is 2.20. The fourth-order valence-electron chi connectivity index (χ4n) is 1.38. The lowest BCUT2D eigenvalue weighted by Gasteiger charge is -2.02. The lowest BCUT2D eigenvalue weighted by atomic mass is 10.1. The second-order valence-corrected chi connectivity index (χ2v) is 4.17. The highest BCUT2D eigenvalue weighted by Gasteiger charge is 2.00. The molecule has 2 aromatic rings. The highest BCUT2D eigenvalue weighted by Crippen LogP contribution is 2.18. The maximum Gasteiger partial charge on any atom is 0.0704 e. The van der Waals surface area contributed by atoms with Crippen LogP contribution in [0, 0.1) is 0 Å². The number of halogens is 1. The summed E-state index contributed by atoms with van der Waals surface area (Å²) in [6.07, 6.45) is 4.59. The molecular formula is C12H11BrN2. The van der Waals surface area contributed by atoms with E-state index in [2.05, 4.69) is 38.9 Å². The van der Waals surface area contributed by atoms with Gasteiger partial charge in [-0.2, -0.15) is 0 Å². The van der Waals surface area contributed by atoms with E-state index in [0.29, 0.717) is 0 Å². The van der Waals surface area contributed by atoms with Crippen molar-refractivity contribution < 1.29 is 0 Å². The maximum atomic E-state index is 4.35. The van der Waals surface area contributed by atoms with E-state index in [0.717, 1.165) is 27.8 Å². The van der Waals surface area contributed by atoms with Crippen LogP contribution in [0.3, 0.4) is 0 Å². The molecule has 0 fully saturated rings. The zero-order valence-corrected chi connectivity index (χ0v) is 10.0. The Bertz CT molecular complexity index is 451. The molecule has 2 rings (SSSR count). The number of hydrogen-bond donors (Lipinski definition) is 0. The minimum absolute atomic E-state index is 0.949. The molecule has 0 radical (unpaired) electrons. The molecule has 0 saturated heterocycles. The summed E-state index contributed by atoms with van der Waals surface area (Å²) in [4.78, 5) is 8.61. The zero-order valence-electron chi connectivity index (χ0n) is 8.44. The number of nitrogens with zero attached hydrogens (tertiary/aromatic N) is 2. The summed E-state index contributed by atoms with van der Waals surface area (Å²) in [7, 11) is 0. The van der Waals surface area contributed by atoms with Gasteiger partial charge in [-0.15, -0.1) is 0 Å². The van der Waals surface area contributed by atoms with Crippen molar-refractivity contribution >= 4 is 15.9 Å². The molecule has 2 nitrogen and oxygen atoms in total. The molecule has 0 N–H and O–H groups in total. The summed E-state index contributed by atoms with van der Waals surface area (Å²) in [6.45, 7) is 2.10. The average molecular weight is 263 g/mol. The lowest BCUT2D eigenvalue weighted by Crippen LogP contribution is -1.88. The van der Waals surface area contributed by atoms with Gasteiger partial charge in [-0.3, -0.25) is 9.97 Å². The first-order valence-electron chi connectivity index (χ1n) is 4.86. The third kappa shape index (κ3) is 2.42. The molecule has 0 aliphatic carbocycles. The second-order valence-electron chi connectivity index (χ2n) is 3.25. The number of pyridine rings is 2. The van der Waals surface area contributed by atoms with E-state index in [9.17, 15) is 0 Å². The van der Waals surface area contributed by atoms with Gasteiger partial charge in [0.15, 0.2) is 0 Å². The predicted octanol–water partition coefficient (Wildman–Crippen LogP) is 3.47. The van der Waals surface area contributed by atoms with Crippen LogP contribution >= 0.6 is 15.9 Å². The summed E-state index contributed by atoms with van der Waals surface area (Å²) in [6, 6.07) is 8.05. The Morgan fingerprint density at radius 2 is 2.07 bits per heavy atom. The Balaban J connectivity index is 2.40. The first kappa shape index (κ1) is 10.3. The Labute approximate surface area is 97.5 Å². The van der Waals surface area contributed by atoms with E-state index in [-0.39, 0.29) is 0 Å². The first-order valence-corrected chi connectivity index (χ1v) is 5.65. The third-order valence-corrected chi connectivity index (χ3v) is 2.67. The molecule has 0 unspecified atom stereocenters. The summed E-state index contributed by atoms with van der Waals surface area (Å²) < 4.78 is 0.996. The van der Waals surface area contributed by atoms with E-state index in [4.69, 9.17) is 0 Å². The van der Waals surface area contributed by atoms with Gasteiger partial charge in [-0.1, -0.05) is 6.92 Å². The molecule has 0 atom stereocenters. The molecule has 0 saturated carbocycles. The SMILES string of the molecule is CCc1cc(-c2ccc(Br)cn2)ccn1. The van der Waals surface area contributed by atoms with Gasteiger partial charge in [-0.25, -0.2) is 0 Å². The Morgan fingerprint density at radius 1 is 1.20 bits per heavy atom. The fourth-order valence-corrected chi connectivity index (χ4v) is 1.61. The second kappa shape index (κ2) is 4.53. The Kier molecular flexibility index (Phi) is 3.11. The van der Waals surface area contributed by atoms with Crippen molar-refractivity contribution in [2.45, 2.75) is 13.3 Å². The van der Waals surface area contributed by atoms with Crippen LogP contribution in [0.5, 0.6) is 0 Å². The molecule has 2 aromatic heterocycles. The highest BCUT2D eigenvalue weighted by atomic mass is 79.9. The molecule has 0 bridgehead atoms. The average Bonchev–Trinajstić information content (AvgIpc) is 2.30. The molecule has 76 valence electrons. The number of aromatic nitrogens is 2. The fraction of sp³-hybridized carbons (Fsp3) is 0.167. The first-order chi connectivity index (χ1) is 7.29. The van der Waals surface area contributed by atoms with E-state index >= 15 is 0 Å². The normalized spacial score (nSPS) is 10.3. The predicted molar refractivity (Wildman–Crippen MR) is 64.5 cm³/mol. The van der Waals surface area contributed by atoms with Gasteiger partial charge in [0.05, 0.1) is 5.69 Å². The van der Waals surface area contributed by atoms with Crippen LogP contribution in [0.25, 0.3) is 11.3 Å². The molecule has 0 aliphatic rings. The van der Waals surface area contributed by atoms with Crippen LogP contribution in [0.15, 0.2) is 41.1 Å². The van der Waals surface area contributed by atoms with Gasteiger partial charge < -0.3 is 0 Å². The van der Waals surface area contributed by atoms with Crippen LogP contribution in [0.4, 0.5) is 0 Å². The lowest BCUT2D eigenvalue weighted by molar-refractivity contribution is 1.04. The van der Waals surface area contributed by atoms with Crippen molar-refractivity contribution in [3.05, 3.63) is 46.8 Å². The van der Waals surface area contributed by atoms with Crippen LogP contribution in [0.2, 0.25) is 0 Å². The minimum Gasteiger partial charge on any atom is -0.261 e. The van der Waals surface area contributed by atoms with Gasteiger partial charge in [-0.05, 0) is 46.6 Å². The monoisotopic (exact) mass is 262 g/mol. The summed E-state index contributed by atoms with van der Waals surface area (Å²) in [5.41, 5.74) is 3.20. The van der Waals surface area contributed by atoms with Crippen LogP contribution in [-0.2, 0) is 6.42 Å². The topological polar surface area (TPSA) is 25.8 Å². The van der Waals surface area contributed by atoms with Gasteiger partial charge in [0.2, 0.25) is 0 Å². The van der Waals surface area contributed by atoms with Crippen molar-refractivity contribution in [2.24, 2.45) is 0 Å². The van der Waals surface area contributed by atoms with Crippen LogP contribution in [0.1, 0.15) is 12.6 Å². The quantitative estimate of drug-likeness (QED) is 0.829.